The van der Waals surface area contributed by atoms with Gasteiger partial charge in [-0.1, -0.05) is 20.8 Å². The lowest BCUT2D eigenvalue weighted by molar-refractivity contribution is -0.236. The molecule has 1 fully saturated rings. The minimum atomic E-state index is -1.19. The number of carboxylic acid groups (broad SMARTS) is 1. The van der Waals surface area contributed by atoms with Crippen molar-refractivity contribution in [2.24, 2.45) is 11.1 Å². The average molecular weight is 837 g/mol. The van der Waals surface area contributed by atoms with Crippen LogP contribution in [0.4, 0.5) is 4.79 Å². The molecule has 21 heteroatoms. The van der Waals surface area contributed by atoms with Crippen LogP contribution in [-0.4, -0.2) is 164 Å². The summed E-state index contributed by atoms with van der Waals surface area (Å²) >= 11 is 1.01. The van der Waals surface area contributed by atoms with Gasteiger partial charge in [-0.25, -0.2) is 4.79 Å². The van der Waals surface area contributed by atoms with Gasteiger partial charge in [0.05, 0.1) is 50.0 Å². The maximum absolute atomic E-state index is 12.4. The van der Waals surface area contributed by atoms with Crippen molar-refractivity contribution in [1.82, 2.24) is 26.2 Å². The number of aliphatic hydroxyl groups excluding tert-OH is 1. The highest BCUT2D eigenvalue weighted by Gasteiger charge is 2.39. The Hall–Kier alpha value is -3.60. The Labute approximate surface area is 338 Å². The van der Waals surface area contributed by atoms with Crippen LogP contribution in [0, 0.1) is 5.41 Å². The first-order valence-electron chi connectivity index (χ1n) is 18.9. The van der Waals surface area contributed by atoms with E-state index in [1.165, 1.54) is 0 Å². The number of aliphatic hydroxyl groups is 1. The molecule has 0 aromatic carbocycles. The first kappa shape index (κ1) is 51.4. The van der Waals surface area contributed by atoms with Crippen molar-refractivity contribution in [2.45, 2.75) is 103 Å². The SMILES string of the molecule is CC(C)(C)CC(CO)OC(COC(=O)NCCC(=O)NCCNC(=O)CCOCCOCCNC(=O)CCN1C(=O)CC(SCC(N)C(=O)O)C1=O)OC(C)(C)C. The molecule has 0 aromatic rings. The van der Waals surface area contributed by atoms with Gasteiger partial charge in [-0.2, -0.15) is 0 Å². The molecule has 57 heavy (non-hydrogen) atoms. The van der Waals surface area contributed by atoms with Gasteiger partial charge in [-0.15, -0.1) is 11.8 Å². The summed E-state index contributed by atoms with van der Waals surface area (Å²) in [5.74, 6) is -3.07. The number of carbonyl (C=O) groups excluding carboxylic acids is 6. The number of rotatable bonds is 29. The van der Waals surface area contributed by atoms with Crippen molar-refractivity contribution in [1.29, 1.82) is 0 Å². The second kappa shape index (κ2) is 27.2. The molecule has 1 rings (SSSR count). The predicted molar refractivity (Wildman–Crippen MR) is 208 cm³/mol. The van der Waals surface area contributed by atoms with E-state index in [0.29, 0.717) is 6.42 Å². The number of hydrogen-bond acceptors (Lipinski definition) is 15. The summed E-state index contributed by atoms with van der Waals surface area (Å²) in [7, 11) is 0. The summed E-state index contributed by atoms with van der Waals surface area (Å²) in [4.78, 5) is 85.0. The molecule has 0 spiro atoms. The van der Waals surface area contributed by atoms with Crippen molar-refractivity contribution >= 4 is 53.4 Å². The largest absolute Gasteiger partial charge is 0.480 e. The monoisotopic (exact) mass is 836 g/mol. The smallest absolute Gasteiger partial charge is 0.407 e. The zero-order valence-electron chi connectivity index (χ0n) is 34.1. The summed E-state index contributed by atoms with van der Waals surface area (Å²) in [6.07, 6.45) is -1.67. The first-order valence-corrected chi connectivity index (χ1v) is 20.0. The zero-order chi connectivity index (χ0) is 43.0. The van der Waals surface area contributed by atoms with E-state index in [4.69, 9.17) is 34.5 Å². The quantitative estimate of drug-likeness (QED) is 0.0284. The van der Waals surface area contributed by atoms with Gasteiger partial charge >= 0.3 is 12.1 Å². The number of amides is 6. The third-order valence-electron chi connectivity index (χ3n) is 7.59. The number of nitrogens with two attached hydrogens (primary N) is 1. The van der Waals surface area contributed by atoms with Crippen LogP contribution in [0.2, 0.25) is 0 Å². The van der Waals surface area contributed by atoms with Crippen LogP contribution in [0.25, 0.3) is 0 Å². The minimum Gasteiger partial charge on any atom is -0.480 e. The topological polar surface area (TPSA) is 283 Å². The highest BCUT2D eigenvalue weighted by molar-refractivity contribution is 8.00. The Kier molecular flexibility index (Phi) is 24.5. The Morgan fingerprint density at radius 1 is 0.842 bits per heavy atom. The molecule has 0 bridgehead atoms. The number of alkyl carbamates (subject to hydrolysis) is 1. The number of ether oxygens (including phenoxy) is 5. The molecular formula is C36H64N6O14S. The summed E-state index contributed by atoms with van der Waals surface area (Å²) in [6, 6.07) is -1.14. The number of carboxylic acids is 1. The van der Waals surface area contributed by atoms with Gasteiger partial charge in [0, 0.05) is 64.2 Å². The van der Waals surface area contributed by atoms with Gasteiger partial charge in [0.1, 0.15) is 12.6 Å². The Morgan fingerprint density at radius 2 is 1.44 bits per heavy atom. The summed E-state index contributed by atoms with van der Waals surface area (Å²) in [5, 5.41) is 28.3. The molecule has 6 amide bonds. The number of nitrogens with zero attached hydrogens (tertiary/aromatic N) is 1. The van der Waals surface area contributed by atoms with Crippen LogP contribution >= 0.6 is 11.8 Å². The van der Waals surface area contributed by atoms with E-state index in [1.807, 2.05) is 41.5 Å². The number of imide groups is 1. The second-order valence-corrected chi connectivity index (χ2v) is 16.5. The molecule has 0 saturated carbocycles. The number of nitrogens with one attached hydrogen (secondary N) is 4. The molecule has 4 atom stereocenters. The lowest BCUT2D eigenvalue weighted by Gasteiger charge is -2.32. The average Bonchev–Trinajstić information content (AvgIpc) is 3.38. The number of aliphatic carboxylic acids is 1. The maximum atomic E-state index is 12.4. The molecule has 20 nitrogen and oxygen atoms in total. The van der Waals surface area contributed by atoms with Crippen LogP contribution < -0.4 is 27.0 Å². The summed E-state index contributed by atoms with van der Waals surface area (Å²) in [5.41, 5.74) is 4.76. The number of likely N-dealkylation sites (tertiary alicyclic amines) is 1. The summed E-state index contributed by atoms with van der Waals surface area (Å²) in [6.45, 7) is 12.4. The highest BCUT2D eigenvalue weighted by atomic mass is 32.2. The molecule has 4 unspecified atom stereocenters. The zero-order valence-corrected chi connectivity index (χ0v) is 34.9. The molecule has 1 aliphatic heterocycles. The molecule has 1 heterocycles. The third-order valence-corrected chi connectivity index (χ3v) is 8.91. The van der Waals surface area contributed by atoms with E-state index in [1.54, 1.807) is 0 Å². The molecule has 1 aliphatic rings. The van der Waals surface area contributed by atoms with E-state index in [2.05, 4.69) is 21.3 Å². The van der Waals surface area contributed by atoms with Gasteiger partial charge in [-0.05, 0) is 32.6 Å². The normalized spacial score (nSPS) is 16.1. The van der Waals surface area contributed by atoms with Crippen LogP contribution in [0.5, 0.6) is 0 Å². The molecule has 8 N–H and O–H groups in total. The Bertz CT molecular complexity index is 1290. The fourth-order valence-corrected chi connectivity index (χ4v) is 6.07. The van der Waals surface area contributed by atoms with Crippen molar-refractivity contribution in [3.8, 4) is 0 Å². The van der Waals surface area contributed by atoms with E-state index in [9.17, 15) is 38.7 Å². The fraction of sp³-hybridized carbons (Fsp3) is 0.806. The van der Waals surface area contributed by atoms with E-state index in [-0.39, 0.29) is 127 Å². The van der Waals surface area contributed by atoms with Crippen molar-refractivity contribution < 1.29 is 67.5 Å². The lowest BCUT2D eigenvalue weighted by Crippen LogP contribution is -2.40. The highest BCUT2D eigenvalue weighted by Crippen LogP contribution is 2.26. The van der Waals surface area contributed by atoms with Crippen molar-refractivity contribution in [3.63, 3.8) is 0 Å². The standard InChI is InChI=1S/C36H64N6O14S/c1-35(2,3)20-24(21-43)55-31(56-36(4,5)6)22-54-34(51)41-10-7-27(44)38-11-12-39-29(46)9-15-52-17-18-53-16-13-40-28(45)8-14-42-30(47)19-26(32(42)48)57-23-25(37)33(49)50/h24-26,31,43H,7-23,37H2,1-6H3,(H,38,44)(H,39,46)(H,40,45)(H,41,51)(H,49,50). The predicted octanol–water partition coefficient (Wildman–Crippen LogP) is -0.508. The Balaban J connectivity index is 2.08. The van der Waals surface area contributed by atoms with Crippen LogP contribution in [0.15, 0.2) is 0 Å². The molecule has 0 aromatic heterocycles. The number of thioether (sulfide) groups is 1. The molecule has 0 aliphatic carbocycles. The maximum Gasteiger partial charge on any atom is 0.407 e. The molecule has 1 saturated heterocycles. The van der Waals surface area contributed by atoms with E-state index in [0.717, 1.165) is 16.7 Å². The van der Waals surface area contributed by atoms with Gasteiger partial charge in [0.2, 0.25) is 29.5 Å². The summed E-state index contributed by atoms with van der Waals surface area (Å²) < 4.78 is 27.7. The first-order chi connectivity index (χ1) is 26.7. The third kappa shape index (κ3) is 25.4. The lowest BCUT2D eigenvalue weighted by atomic mass is 9.89. The van der Waals surface area contributed by atoms with Crippen molar-refractivity contribution in [3.05, 3.63) is 0 Å². The van der Waals surface area contributed by atoms with Crippen molar-refractivity contribution in [2.75, 3.05) is 78.1 Å². The van der Waals surface area contributed by atoms with Crippen LogP contribution in [0.1, 0.15) is 73.6 Å². The number of hydrogen-bond donors (Lipinski definition) is 7. The van der Waals surface area contributed by atoms with Crippen LogP contribution in [0.3, 0.4) is 0 Å². The van der Waals surface area contributed by atoms with Gasteiger partial charge in [0.25, 0.3) is 0 Å². The van der Waals surface area contributed by atoms with E-state index >= 15 is 0 Å². The van der Waals surface area contributed by atoms with Crippen LogP contribution in [-0.2, 0) is 52.5 Å². The number of carbonyl (C=O) groups is 7. The molecule has 0 radical (unpaired) electrons. The Morgan fingerprint density at radius 3 is 2.04 bits per heavy atom. The molecule has 328 valence electrons. The molecular weight excluding hydrogens is 772 g/mol. The van der Waals surface area contributed by atoms with Gasteiger partial charge < -0.3 is 60.9 Å². The fourth-order valence-electron chi connectivity index (χ4n) is 4.96. The van der Waals surface area contributed by atoms with Gasteiger partial charge in [-0.3, -0.25) is 33.7 Å². The van der Waals surface area contributed by atoms with E-state index < -0.39 is 53.2 Å². The second-order valence-electron chi connectivity index (χ2n) is 15.3. The minimum absolute atomic E-state index is 0.0115. The van der Waals surface area contributed by atoms with Gasteiger partial charge in [0.15, 0.2) is 6.29 Å².